The van der Waals surface area contributed by atoms with E-state index in [0.29, 0.717) is 18.4 Å². The lowest BCUT2D eigenvalue weighted by atomic mass is 9.85. The highest BCUT2D eigenvalue weighted by Gasteiger charge is 2.43. The molecule has 2 amide bonds. The van der Waals surface area contributed by atoms with E-state index in [0.717, 1.165) is 43.4 Å². The number of hydrogen-bond donors (Lipinski definition) is 1. The van der Waals surface area contributed by atoms with E-state index in [-0.39, 0.29) is 23.1 Å². The average molecular weight is 436 g/mol. The summed E-state index contributed by atoms with van der Waals surface area (Å²) in [5.74, 6) is 0.695. The van der Waals surface area contributed by atoms with Crippen molar-refractivity contribution >= 4 is 23.6 Å². The summed E-state index contributed by atoms with van der Waals surface area (Å²) in [5.41, 5.74) is 4.57. The zero-order chi connectivity index (χ0) is 21.5. The highest BCUT2D eigenvalue weighted by atomic mass is 32.2. The fourth-order valence-electron chi connectivity index (χ4n) is 5.37. The van der Waals surface area contributed by atoms with Gasteiger partial charge in [-0.3, -0.25) is 14.6 Å². The molecule has 31 heavy (non-hydrogen) atoms. The lowest BCUT2D eigenvalue weighted by Crippen LogP contribution is -2.45. The zero-order valence-corrected chi connectivity index (χ0v) is 19.0. The summed E-state index contributed by atoms with van der Waals surface area (Å²) >= 11 is 1.69. The molecule has 3 heterocycles. The molecule has 2 aromatic rings. The summed E-state index contributed by atoms with van der Waals surface area (Å²) in [6.45, 7) is 4.85. The number of nitrogens with one attached hydrogen (secondary N) is 1. The summed E-state index contributed by atoms with van der Waals surface area (Å²) in [4.78, 5) is 33.5. The number of carbonyl (C=O) groups is 2. The Hall–Kier alpha value is -2.34. The second kappa shape index (κ2) is 8.30. The van der Waals surface area contributed by atoms with Gasteiger partial charge in [0.15, 0.2) is 0 Å². The van der Waals surface area contributed by atoms with Crippen molar-refractivity contribution in [2.45, 2.75) is 68.2 Å². The number of aryl methyl sites for hydroxylation is 2. The summed E-state index contributed by atoms with van der Waals surface area (Å²) in [5, 5.41) is 3.31. The number of amides is 2. The molecule has 5 nitrogen and oxygen atoms in total. The molecule has 1 N–H and O–H groups in total. The van der Waals surface area contributed by atoms with Crippen molar-refractivity contribution < 1.29 is 9.59 Å². The van der Waals surface area contributed by atoms with Gasteiger partial charge in [-0.15, -0.1) is 11.8 Å². The minimum atomic E-state index is -0.0394. The molecule has 1 saturated heterocycles. The zero-order valence-electron chi connectivity index (χ0n) is 18.1. The summed E-state index contributed by atoms with van der Waals surface area (Å²) < 4.78 is 0. The molecular weight excluding hydrogens is 406 g/mol. The van der Waals surface area contributed by atoms with Crippen LogP contribution in [0.2, 0.25) is 0 Å². The van der Waals surface area contributed by atoms with Crippen LogP contribution >= 0.6 is 11.8 Å². The van der Waals surface area contributed by atoms with E-state index < -0.39 is 0 Å². The Labute approximate surface area is 188 Å². The first kappa shape index (κ1) is 20.6. The van der Waals surface area contributed by atoms with Gasteiger partial charge in [0, 0.05) is 35.9 Å². The Balaban J connectivity index is 1.18. The molecule has 3 aliphatic rings. The molecule has 0 radical (unpaired) electrons. The SMILES string of the molecule is Cc1cncc(CC(=O)N2CC3CC2CCC3NC(=O)C2Cc3ccc(C)cc3S2)c1. The van der Waals surface area contributed by atoms with Gasteiger partial charge in [-0.1, -0.05) is 23.8 Å². The Bertz CT molecular complexity index is 1020. The number of pyridine rings is 1. The average Bonchev–Trinajstić information content (AvgIpc) is 3.31. The van der Waals surface area contributed by atoms with Crippen molar-refractivity contribution in [1.82, 2.24) is 15.2 Å². The van der Waals surface area contributed by atoms with Crippen LogP contribution < -0.4 is 5.32 Å². The lowest BCUT2D eigenvalue weighted by molar-refractivity contribution is -0.131. The normalized spacial score (nSPS) is 26.6. The highest BCUT2D eigenvalue weighted by Crippen LogP contribution is 2.39. The second-order valence-corrected chi connectivity index (χ2v) is 10.6. The van der Waals surface area contributed by atoms with Gasteiger partial charge in [0.2, 0.25) is 11.8 Å². The van der Waals surface area contributed by atoms with Gasteiger partial charge in [0.1, 0.15) is 0 Å². The maximum absolute atomic E-state index is 13.0. The van der Waals surface area contributed by atoms with Gasteiger partial charge >= 0.3 is 0 Å². The molecule has 4 atom stereocenters. The van der Waals surface area contributed by atoms with Crippen molar-refractivity contribution in [3.05, 3.63) is 58.9 Å². The van der Waals surface area contributed by atoms with Crippen LogP contribution in [-0.4, -0.2) is 45.6 Å². The summed E-state index contributed by atoms with van der Waals surface area (Å²) in [7, 11) is 0. The topological polar surface area (TPSA) is 62.3 Å². The van der Waals surface area contributed by atoms with E-state index >= 15 is 0 Å². The number of rotatable bonds is 4. The van der Waals surface area contributed by atoms with E-state index in [2.05, 4.69) is 40.3 Å². The highest BCUT2D eigenvalue weighted by molar-refractivity contribution is 8.01. The predicted molar refractivity (Wildman–Crippen MR) is 122 cm³/mol. The fraction of sp³-hybridized carbons (Fsp3) is 0.480. The van der Waals surface area contributed by atoms with Crippen LogP contribution in [0, 0.1) is 19.8 Å². The molecule has 2 aliphatic heterocycles. The third kappa shape index (κ3) is 4.22. The van der Waals surface area contributed by atoms with E-state index in [1.807, 2.05) is 19.2 Å². The molecule has 1 saturated carbocycles. The van der Waals surface area contributed by atoms with Gasteiger partial charge in [0.05, 0.1) is 11.7 Å². The van der Waals surface area contributed by atoms with Gasteiger partial charge < -0.3 is 10.2 Å². The molecule has 1 aromatic heterocycles. The first-order valence-corrected chi connectivity index (χ1v) is 12.1. The third-order valence-corrected chi connectivity index (χ3v) is 8.25. The molecule has 2 fully saturated rings. The second-order valence-electron chi connectivity index (χ2n) is 9.36. The van der Waals surface area contributed by atoms with Crippen molar-refractivity contribution in [1.29, 1.82) is 0 Å². The van der Waals surface area contributed by atoms with Crippen LogP contribution in [0.4, 0.5) is 0 Å². The maximum atomic E-state index is 13.0. The number of thioether (sulfide) groups is 1. The smallest absolute Gasteiger partial charge is 0.234 e. The van der Waals surface area contributed by atoms with Crippen LogP contribution in [0.5, 0.6) is 0 Å². The van der Waals surface area contributed by atoms with Gasteiger partial charge in [0.25, 0.3) is 0 Å². The first-order valence-electron chi connectivity index (χ1n) is 11.2. The minimum absolute atomic E-state index is 0.0394. The van der Waals surface area contributed by atoms with E-state index in [1.165, 1.54) is 16.0 Å². The van der Waals surface area contributed by atoms with Gasteiger partial charge in [-0.2, -0.15) is 0 Å². The van der Waals surface area contributed by atoms with Gasteiger partial charge in [-0.05, 0) is 68.2 Å². The van der Waals surface area contributed by atoms with E-state index in [9.17, 15) is 9.59 Å². The van der Waals surface area contributed by atoms with E-state index in [4.69, 9.17) is 0 Å². The quantitative estimate of drug-likeness (QED) is 0.799. The molecule has 1 aromatic carbocycles. The van der Waals surface area contributed by atoms with Crippen LogP contribution in [-0.2, 0) is 22.4 Å². The van der Waals surface area contributed by atoms with E-state index in [1.54, 1.807) is 18.0 Å². The standard InChI is InChI=1S/C25H29N3O2S/c1-15-3-4-18-11-23(31-22(18)8-15)25(30)27-21-6-5-20-10-19(21)14-28(20)24(29)9-17-7-16(2)12-26-13-17/h3-4,7-8,12-13,19-21,23H,5-6,9-11,14H2,1-2H3,(H,27,30). The van der Waals surface area contributed by atoms with Crippen molar-refractivity contribution in [2.24, 2.45) is 5.92 Å². The Kier molecular flexibility index (Phi) is 5.51. The number of aromatic nitrogens is 1. The van der Waals surface area contributed by atoms with Crippen LogP contribution in [0.15, 0.2) is 41.6 Å². The number of benzene rings is 1. The Morgan fingerprint density at radius 3 is 2.87 bits per heavy atom. The fourth-order valence-corrected chi connectivity index (χ4v) is 6.67. The van der Waals surface area contributed by atoms with Crippen molar-refractivity contribution in [3.63, 3.8) is 0 Å². The number of likely N-dealkylation sites (tertiary alicyclic amines) is 1. The molecule has 2 bridgehead atoms. The van der Waals surface area contributed by atoms with Crippen LogP contribution in [0.25, 0.3) is 0 Å². The number of hydrogen-bond acceptors (Lipinski definition) is 4. The monoisotopic (exact) mass is 435 g/mol. The molecule has 4 unspecified atom stereocenters. The lowest BCUT2D eigenvalue weighted by Gasteiger charge is -2.29. The molecule has 0 spiro atoms. The van der Waals surface area contributed by atoms with Crippen LogP contribution in [0.3, 0.4) is 0 Å². The minimum Gasteiger partial charge on any atom is -0.352 e. The van der Waals surface area contributed by atoms with Crippen LogP contribution in [0.1, 0.15) is 41.5 Å². The summed E-state index contributed by atoms with van der Waals surface area (Å²) in [6.07, 6.45) is 7.74. The number of carbonyl (C=O) groups excluding carboxylic acids is 2. The first-order chi connectivity index (χ1) is 15.0. The largest absolute Gasteiger partial charge is 0.352 e. The van der Waals surface area contributed by atoms with Crippen molar-refractivity contribution in [3.8, 4) is 0 Å². The molecule has 5 rings (SSSR count). The Morgan fingerprint density at radius 1 is 1.16 bits per heavy atom. The number of nitrogens with zero attached hydrogens (tertiary/aromatic N) is 2. The molecule has 6 heteroatoms. The molecular formula is C25H29N3O2S. The number of fused-ring (bicyclic) bond motifs is 3. The predicted octanol–water partition coefficient (Wildman–Crippen LogP) is 3.45. The summed E-state index contributed by atoms with van der Waals surface area (Å²) in [6, 6.07) is 8.99. The maximum Gasteiger partial charge on any atom is 0.234 e. The molecule has 162 valence electrons. The third-order valence-electron chi connectivity index (χ3n) is 6.95. The molecule has 1 aliphatic carbocycles. The van der Waals surface area contributed by atoms with Crippen molar-refractivity contribution in [2.75, 3.05) is 6.54 Å². The Morgan fingerprint density at radius 2 is 2.03 bits per heavy atom. The van der Waals surface area contributed by atoms with Gasteiger partial charge in [-0.25, -0.2) is 0 Å².